The van der Waals surface area contributed by atoms with Crippen molar-refractivity contribution in [2.75, 3.05) is 12.4 Å². The molecule has 0 saturated heterocycles. The molecule has 3 rings (SSSR count). The number of amides is 1. The lowest BCUT2D eigenvalue weighted by Crippen LogP contribution is -2.31. The van der Waals surface area contributed by atoms with Gasteiger partial charge in [0.25, 0.3) is 5.91 Å². The van der Waals surface area contributed by atoms with Gasteiger partial charge in [-0.3, -0.25) is 9.79 Å². The Morgan fingerprint density at radius 1 is 1.28 bits per heavy atom. The molecular formula is C22H19BrFN3O2. The molecule has 0 fully saturated rings. The van der Waals surface area contributed by atoms with Gasteiger partial charge in [-0.2, -0.15) is 5.26 Å². The highest BCUT2D eigenvalue weighted by Gasteiger charge is 2.38. The average molecular weight is 456 g/mol. The molecule has 2 aromatic rings. The highest BCUT2D eigenvalue weighted by atomic mass is 79.9. The number of nitrogens with one attached hydrogen (secondary N) is 1. The van der Waals surface area contributed by atoms with Crippen molar-refractivity contribution in [2.24, 2.45) is 10.9 Å². The smallest absolute Gasteiger partial charge is 0.254 e. The number of halogens is 2. The summed E-state index contributed by atoms with van der Waals surface area (Å²) in [6.07, 6.45) is 0. The zero-order chi connectivity index (χ0) is 21.1. The standard InChI is InChI=1S/C22H19BrFN3O2/c1-12-16(11-25)21(15-9-8-14(23)10-17(15)24)20(13(2)26-12)22(28)27-18-6-4-5-7-19(18)29-3/h4-10,16,21H,1-3H3,(H,27,28). The van der Waals surface area contributed by atoms with Crippen molar-refractivity contribution in [3.8, 4) is 11.8 Å². The van der Waals surface area contributed by atoms with E-state index in [-0.39, 0.29) is 11.1 Å². The zero-order valence-corrected chi connectivity index (χ0v) is 17.7. The Balaban J connectivity index is 2.10. The van der Waals surface area contributed by atoms with Gasteiger partial charge in [0.2, 0.25) is 0 Å². The number of nitriles is 1. The molecule has 0 radical (unpaired) electrons. The lowest BCUT2D eigenvalue weighted by Gasteiger charge is -2.30. The molecule has 7 heteroatoms. The van der Waals surface area contributed by atoms with Gasteiger partial charge >= 0.3 is 0 Å². The van der Waals surface area contributed by atoms with E-state index in [1.165, 1.54) is 13.2 Å². The average Bonchev–Trinajstić information content (AvgIpc) is 2.68. The molecule has 29 heavy (non-hydrogen) atoms. The minimum Gasteiger partial charge on any atom is -0.495 e. The predicted octanol–water partition coefficient (Wildman–Crippen LogP) is 5.21. The Labute approximate surface area is 177 Å². The minimum atomic E-state index is -0.777. The van der Waals surface area contributed by atoms with Crippen LogP contribution in [0.4, 0.5) is 10.1 Å². The van der Waals surface area contributed by atoms with Crippen molar-refractivity contribution in [2.45, 2.75) is 19.8 Å². The second-order valence-electron chi connectivity index (χ2n) is 6.66. The molecule has 1 aliphatic rings. The summed E-state index contributed by atoms with van der Waals surface area (Å²) in [7, 11) is 1.51. The van der Waals surface area contributed by atoms with Gasteiger partial charge in [0.15, 0.2) is 0 Å². The van der Waals surface area contributed by atoms with Gasteiger partial charge in [-0.15, -0.1) is 0 Å². The fourth-order valence-electron chi connectivity index (χ4n) is 3.53. The number of nitrogens with zero attached hydrogens (tertiary/aromatic N) is 2. The molecule has 1 aliphatic heterocycles. The molecule has 5 nitrogen and oxygen atoms in total. The van der Waals surface area contributed by atoms with Crippen LogP contribution in [0.3, 0.4) is 0 Å². The van der Waals surface area contributed by atoms with Crippen LogP contribution in [0.25, 0.3) is 0 Å². The van der Waals surface area contributed by atoms with Crippen LogP contribution in [0.1, 0.15) is 25.3 Å². The van der Waals surface area contributed by atoms with Crippen molar-refractivity contribution in [3.63, 3.8) is 0 Å². The predicted molar refractivity (Wildman–Crippen MR) is 113 cm³/mol. The van der Waals surface area contributed by atoms with E-state index in [1.54, 1.807) is 50.2 Å². The van der Waals surface area contributed by atoms with Crippen LogP contribution in [-0.4, -0.2) is 18.7 Å². The first-order valence-electron chi connectivity index (χ1n) is 8.92. The molecule has 0 bridgehead atoms. The molecule has 0 aromatic heterocycles. The van der Waals surface area contributed by atoms with E-state index in [0.717, 1.165) is 0 Å². The maximum absolute atomic E-state index is 14.8. The van der Waals surface area contributed by atoms with Crippen LogP contribution in [0.5, 0.6) is 5.75 Å². The third-order valence-corrected chi connectivity index (χ3v) is 5.36. The number of allylic oxidation sites excluding steroid dienone is 1. The zero-order valence-electron chi connectivity index (χ0n) is 16.2. The van der Waals surface area contributed by atoms with E-state index in [0.29, 0.717) is 27.3 Å². The summed E-state index contributed by atoms with van der Waals surface area (Å²) in [6.45, 7) is 3.41. The summed E-state index contributed by atoms with van der Waals surface area (Å²) in [5.41, 5.74) is 2.02. The number of rotatable bonds is 4. The number of methoxy groups -OCH3 is 1. The number of hydrogen-bond acceptors (Lipinski definition) is 4. The van der Waals surface area contributed by atoms with E-state index >= 15 is 0 Å². The van der Waals surface area contributed by atoms with E-state index < -0.39 is 23.6 Å². The lowest BCUT2D eigenvalue weighted by atomic mass is 9.76. The number of benzene rings is 2. The first kappa shape index (κ1) is 20.7. The second kappa shape index (κ2) is 8.58. The first-order chi connectivity index (χ1) is 13.9. The summed E-state index contributed by atoms with van der Waals surface area (Å²) < 4.78 is 20.7. The molecule has 0 saturated carbocycles. The van der Waals surface area contributed by atoms with Crippen LogP contribution in [0.2, 0.25) is 0 Å². The maximum atomic E-state index is 14.8. The molecule has 1 N–H and O–H groups in total. The van der Waals surface area contributed by atoms with Crippen LogP contribution in [0, 0.1) is 23.1 Å². The summed E-state index contributed by atoms with van der Waals surface area (Å²) in [5, 5.41) is 12.6. The molecule has 2 atom stereocenters. The molecule has 2 unspecified atom stereocenters. The quantitative estimate of drug-likeness (QED) is 0.687. The van der Waals surface area contributed by atoms with Gasteiger partial charge < -0.3 is 10.1 Å². The molecular weight excluding hydrogens is 437 g/mol. The van der Waals surface area contributed by atoms with Crippen molar-refractivity contribution in [3.05, 3.63) is 69.6 Å². The topological polar surface area (TPSA) is 74.5 Å². The summed E-state index contributed by atoms with van der Waals surface area (Å²) in [5.74, 6) is -1.98. The number of para-hydroxylation sites is 2. The third-order valence-electron chi connectivity index (χ3n) is 4.86. The van der Waals surface area contributed by atoms with Crippen LogP contribution >= 0.6 is 15.9 Å². The van der Waals surface area contributed by atoms with Gasteiger partial charge in [-0.1, -0.05) is 34.1 Å². The number of carbonyl (C=O) groups excluding carboxylic acids is 1. The summed E-state index contributed by atoms with van der Waals surface area (Å²) >= 11 is 3.25. The molecule has 0 aliphatic carbocycles. The van der Waals surface area contributed by atoms with E-state index in [9.17, 15) is 14.4 Å². The Hall–Kier alpha value is -2.98. The van der Waals surface area contributed by atoms with Crippen LogP contribution < -0.4 is 10.1 Å². The van der Waals surface area contributed by atoms with Gasteiger partial charge in [0.05, 0.1) is 24.8 Å². The van der Waals surface area contributed by atoms with E-state index in [4.69, 9.17) is 4.74 Å². The fourth-order valence-corrected chi connectivity index (χ4v) is 3.86. The molecule has 0 spiro atoms. The summed E-state index contributed by atoms with van der Waals surface area (Å²) in [6, 6.07) is 13.8. The van der Waals surface area contributed by atoms with E-state index in [1.807, 2.05) is 0 Å². The van der Waals surface area contributed by atoms with Crippen LogP contribution in [-0.2, 0) is 4.79 Å². The SMILES string of the molecule is COc1ccccc1NC(=O)C1=C(C)N=C(C)C(C#N)C1c1ccc(Br)cc1F. The molecule has 2 aromatic carbocycles. The normalized spacial score (nSPS) is 18.7. The number of ether oxygens (including phenoxy) is 1. The minimum absolute atomic E-state index is 0.259. The number of anilines is 1. The largest absolute Gasteiger partial charge is 0.495 e. The van der Waals surface area contributed by atoms with Crippen molar-refractivity contribution in [1.82, 2.24) is 0 Å². The van der Waals surface area contributed by atoms with Gasteiger partial charge in [0.1, 0.15) is 11.6 Å². The highest BCUT2D eigenvalue weighted by molar-refractivity contribution is 9.10. The van der Waals surface area contributed by atoms with Gasteiger partial charge in [-0.05, 0) is 43.7 Å². The lowest BCUT2D eigenvalue weighted by molar-refractivity contribution is -0.113. The van der Waals surface area contributed by atoms with E-state index in [2.05, 4.69) is 32.3 Å². The van der Waals surface area contributed by atoms with Crippen LogP contribution in [0.15, 0.2) is 63.2 Å². The summed E-state index contributed by atoms with van der Waals surface area (Å²) in [4.78, 5) is 17.6. The number of hydrogen-bond donors (Lipinski definition) is 1. The highest BCUT2D eigenvalue weighted by Crippen LogP contribution is 2.41. The van der Waals surface area contributed by atoms with Crippen molar-refractivity contribution < 1.29 is 13.9 Å². The third kappa shape index (κ3) is 4.08. The molecule has 1 amide bonds. The molecule has 1 heterocycles. The Morgan fingerprint density at radius 3 is 2.66 bits per heavy atom. The molecule has 148 valence electrons. The Bertz CT molecular complexity index is 1070. The Morgan fingerprint density at radius 2 is 2.00 bits per heavy atom. The maximum Gasteiger partial charge on any atom is 0.254 e. The van der Waals surface area contributed by atoms with Crippen molar-refractivity contribution >= 4 is 33.2 Å². The fraction of sp³-hybridized carbons (Fsp3) is 0.227. The second-order valence-corrected chi connectivity index (χ2v) is 7.57. The first-order valence-corrected chi connectivity index (χ1v) is 9.71. The number of aliphatic imine (C=N–C) groups is 1. The monoisotopic (exact) mass is 455 g/mol. The van der Waals surface area contributed by atoms with Crippen molar-refractivity contribution in [1.29, 1.82) is 5.26 Å². The van der Waals surface area contributed by atoms with Gasteiger partial charge in [-0.25, -0.2) is 4.39 Å². The number of carbonyl (C=O) groups is 1. The van der Waals surface area contributed by atoms with Gasteiger partial charge in [0, 0.05) is 27.4 Å². The Kier molecular flexibility index (Phi) is 6.14.